The van der Waals surface area contributed by atoms with Gasteiger partial charge in [-0.15, -0.1) is 0 Å². The van der Waals surface area contributed by atoms with E-state index in [4.69, 9.17) is 9.47 Å². The highest BCUT2D eigenvalue weighted by atomic mass is 32.2. The zero-order chi connectivity index (χ0) is 17.4. The number of nitrogens with one attached hydrogen (secondary N) is 2. The maximum absolute atomic E-state index is 12.5. The van der Waals surface area contributed by atoms with E-state index < -0.39 is 15.8 Å². The summed E-state index contributed by atoms with van der Waals surface area (Å²) in [5.41, 5.74) is 1.47. The zero-order valence-corrected chi connectivity index (χ0v) is 14.6. The average molecular weight is 354 g/mol. The van der Waals surface area contributed by atoms with E-state index in [0.29, 0.717) is 23.5 Å². The van der Waals surface area contributed by atoms with E-state index in [1.165, 1.54) is 0 Å². The van der Waals surface area contributed by atoms with Crippen molar-refractivity contribution in [1.29, 1.82) is 0 Å². The Morgan fingerprint density at radius 3 is 2.92 bits per heavy atom. The van der Waals surface area contributed by atoms with Crippen LogP contribution in [0.25, 0.3) is 0 Å². The standard InChI is InChI=1S/C16H22N2O5S/c1-3-4-5-12-8-9-22-16(23-12)13-10-11(18-24(2,20)21)6-7-14(13)17-15(16)19/h6-7,10,12,18H,3-5,8-9H2,1-2H3,(H,17,19)/t12-,16?/m1/s1. The number of hydrogen-bond donors (Lipinski definition) is 2. The van der Waals surface area contributed by atoms with E-state index in [0.717, 1.165) is 31.9 Å². The topological polar surface area (TPSA) is 93.7 Å². The molecule has 0 aromatic heterocycles. The molecule has 7 nitrogen and oxygen atoms in total. The molecule has 1 aromatic carbocycles. The van der Waals surface area contributed by atoms with E-state index in [1.807, 2.05) is 0 Å². The van der Waals surface area contributed by atoms with Crippen LogP contribution in [0.1, 0.15) is 38.2 Å². The van der Waals surface area contributed by atoms with Crippen LogP contribution in [0.3, 0.4) is 0 Å². The van der Waals surface area contributed by atoms with E-state index in [2.05, 4.69) is 17.0 Å². The third-order valence-electron chi connectivity index (χ3n) is 4.18. The molecule has 2 atom stereocenters. The van der Waals surface area contributed by atoms with Crippen LogP contribution in [0.4, 0.5) is 11.4 Å². The van der Waals surface area contributed by atoms with Crippen LogP contribution in [0.2, 0.25) is 0 Å². The van der Waals surface area contributed by atoms with E-state index in [-0.39, 0.29) is 12.0 Å². The Morgan fingerprint density at radius 1 is 1.42 bits per heavy atom. The largest absolute Gasteiger partial charge is 0.338 e. The Kier molecular flexibility index (Phi) is 4.54. The number of rotatable bonds is 5. The van der Waals surface area contributed by atoms with Crippen molar-refractivity contribution in [2.75, 3.05) is 22.9 Å². The third kappa shape index (κ3) is 3.26. The minimum absolute atomic E-state index is 0.0538. The van der Waals surface area contributed by atoms with Crippen molar-refractivity contribution in [2.24, 2.45) is 0 Å². The van der Waals surface area contributed by atoms with Gasteiger partial charge in [0.25, 0.3) is 11.7 Å². The molecule has 1 saturated heterocycles. The number of carbonyl (C=O) groups is 1. The number of anilines is 2. The molecule has 2 aliphatic rings. The SMILES string of the molecule is CCCC[C@@H]1CCOC2(O1)C(=O)Nc1ccc(NS(C)(=O)=O)cc12. The van der Waals surface area contributed by atoms with Crippen molar-refractivity contribution < 1.29 is 22.7 Å². The summed E-state index contributed by atoms with van der Waals surface area (Å²) in [7, 11) is -3.41. The van der Waals surface area contributed by atoms with Gasteiger partial charge in [0.15, 0.2) is 0 Å². The Balaban J connectivity index is 1.93. The highest BCUT2D eigenvalue weighted by molar-refractivity contribution is 7.92. The number of amides is 1. The van der Waals surface area contributed by atoms with Crippen molar-refractivity contribution in [1.82, 2.24) is 0 Å². The Morgan fingerprint density at radius 2 is 2.21 bits per heavy atom. The second-order valence-corrected chi connectivity index (χ2v) is 7.97. The first kappa shape index (κ1) is 17.2. The summed E-state index contributed by atoms with van der Waals surface area (Å²) in [4.78, 5) is 12.5. The summed E-state index contributed by atoms with van der Waals surface area (Å²) in [6.45, 7) is 2.53. The molecule has 2 aliphatic heterocycles. The first-order valence-corrected chi connectivity index (χ1v) is 9.99. The van der Waals surface area contributed by atoms with Crippen LogP contribution in [0.5, 0.6) is 0 Å². The van der Waals surface area contributed by atoms with Gasteiger partial charge in [-0.3, -0.25) is 9.52 Å². The molecule has 3 rings (SSSR count). The molecule has 0 saturated carbocycles. The van der Waals surface area contributed by atoms with Crippen LogP contribution in [-0.2, 0) is 30.1 Å². The van der Waals surface area contributed by atoms with Crippen molar-refractivity contribution in [3.63, 3.8) is 0 Å². The summed E-state index contributed by atoms with van der Waals surface area (Å²) < 4.78 is 37.1. The molecule has 0 bridgehead atoms. The van der Waals surface area contributed by atoms with Crippen molar-refractivity contribution in [3.8, 4) is 0 Å². The second-order valence-electron chi connectivity index (χ2n) is 6.22. The number of fused-ring (bicyclic) bond motifs is 2. The fraction of sp³-hybridized carbons (Fsp3) is 0.562. The lowest BCUT2D eigenvalue weighted by atomic mass is 10.0. The predicted molar refractivity (Wildman–Crippen MR) is 90.2 cm³/mol. The van der Waals surface area contributed by atoms with Crippen molar-refractivity contribution >= 4 is 27.3 Å². The van der Waals surface area contributed by atoms with Gasteiger partial charge in [0.05, 0.1) is 24.7 Å². The average Bonchev–Trinajstić information content (AvgIpc) is 2.76. The molecule has 132 valence electrons. The predicted octanol–water partition coefficient (Wildman–Crippen LogP) is 2.16. The van der Waals surface area contributed by atoms with Crippen molar-refractivity contribution in [3.05, 3.63) is 23.8 Å². The van der Waals surface area contributed by atoms with Gasteiger partial charge in [0.1, 0.15) is 0 Å². The van der Waals surface area contributed by atoms with Crippen LogP contribution in [-0.4, -0.2) is 33.3 Å². The summed E-state index contributed by atoms with van der Waals surface area (Å²) in [5, 5.41) is 2.76. The van der Waals surface area contributed by atoms with Gasteiger partial charge in [-0.25, -0.2) is 8.42 Å². The summed E-state index contributed by atoms with van der Waals surface area (Å²) in [5.74, 6) is -1.85. The lowest BCUT2D eigenvalue weighted by molar-refractivity contribution is -0.281. The second kappa shape index (κ2) is 6.34. The number of sulfonamides is 1. The van der Waals surface area contributed by atoms with Gasteiger partial charge in [0.2, 0.25) is 10.0 Å². The molecule has 0 aliphatic carbocycles. The molecule has 1 aromatic rings. The van der Waals surface area contributed by atoms with E-state index in [1.54, 1.807) is 18.2 Å². The molecule has 2 heterocycles. The number of carbonyl (C=O) groups excluding carboxylic acids is 1. The molecule has 0 radical (unpaired) electrons. The van der Waals surface area contributed by atoms with Gasteiger partial charge in [-0.2, -0.15) is 0 Å². The van der Waals surface area contributed by atoms with Crippen LogP contribution >= 0.6 is 0 Å². The smallest absolute Gasteiger partial charge is 0.289 e. The summed E-state index contributed by atoms with van der Waals surface area (Å²) in [6.07, 6.45) is 4.70. The summed E-state index contributed by atoms with van der Waals surface area (Å²) >= 11 is 0. The first-order valence-electron chi connectivity index (χ1n) is 8.09. The number of ether oxygens (including phenoxy) is 2. The normalized spacial score (nSPS) is 26.2. The van der Waals surface area contributed by atoms with E-state index in [9.17, 15) is 13.2 Å². The zero-order valence-electron chi connectivity index (χ0n) is 13.8. The first-order chi connectivity index (χ1) is 11.3. The molecule has 1 amide bonds. The van der Waals surface area contributed by atoms with Crippen LogP contribution < -0.4 is 10.0 Å². The molecule has 2 N–H and O–H groups in total. The monoisotopic (exact) mass is 354 g/mol. The third-order valence-corrected chi connectivity index (χ3v) is 4.79. The Labute approximate surface area is 141 Å². The molecule has 1 fully saturated rings. The van der Waals surface area contributed by atoms with Gasteiger partial charge in [-0.05, 0) is 31.0 Å². The van der Waals surface area contributed by atoms with Gasteiger partial charge in [0, 0.05) is 11.3 Å². The maximum atomic E-state index is 12.5. The quantitative estimate of drug-likeness (QED) is 0.845. The van der Waals surface area contributed by atoms with Gasteiger partial charge < -0.3 is 14.8 Å². The highest BCUT2D eigenvalue weighted by Crippen LogP contribution is 2.44. The lowest BCUT2D eigenvalue weighted by Gasteiger charge is -2.37. The molecule has 1 unspecified atom stereocenters. The van der Waals surface area contributed by atoms with Gasteiger partial charge in [-0.1, -0.05) is 19.8 Å². The molecule has 24 heavy (non-hydrogen) atoms. The highest BCUT2D eigenvalue weighted by Gasteiger charge is 2.53. The number of benzene rings is 1. The fourth-order valence-corrected chi connectivity index (χ4v) is 3.64. The Bertz CT molecular complexity index is 749. The summed E-state index contributed by atoms with van der Waals surface area (Å²) in [6, 6.07) is 4.84. The minimum atomic E-state index is -3.41. The Hall–Kier alpha value is -1.64. The molecule has 1 spiro atoms. The van der Waals surface area contributed by atoms with Gasteiger partial charge >= 0.3 is 0 Å². The minimum Gasteiger partial charge on any atom is -0.338 e. The maximum Gasteiger partial charge on any atom is 0.289 e. The van der Waals surface area contributed by atoms with Crippen LogP contribution in [0, 0.1) is 0 Å². The fourth-order valence-electron chi connectivity index (χ4n) is 3.09. The molecular formula is C16H22N2O5S. The molecular weight excluding hydrogens is 332 g/mol. The lowest BCUT2D eigenvalue weighted by Crippen LogP contribution is -2.47. The number of unbranched alkanes of at least 4 members (excludes halogenated alkanes) is 1. The number of hydrogen-bond acceptors (Lipinski definition) is 5. The van der Waals surface area contributed by atoms with Crippen LogP contribution in [0.15, 0.2) is 18.2 Å². The molecule has 8 heteroatoms. The van der Waals surface area contributed by atoms with E-state index >= 15 is 0 Å². The van der Waals surface area contributed by atoms with Crippen molar-refractivity contribution in [2.45, 2.75) is 44.5 Å².